The molecule has 1 aromatic heterocycles. The second kappa shape index (κ2) is 5.72. The van der Waals surface area contributed by atoms with E-state index in [1.807, 2.05) is 12.3 Å². The molecular formula is C17H24N4. The van der Waals surface area contributed by atoms with Crippen LogP contribution in [0.5, 0.6) is 0 Å². The van der Waals surface area contributed by atoms with Crippen molar-refractivity contribution in [2.45, 2.75) is 37.3 Å². The van der Waals surface area contributed by atoms with Crippen LogP contribution in [0.2, 0.25) is 0 Å². The zero-order valence-corrected chi connectivity index (χ0v) is 12.8. The van der Waals surface area contributed by atoms with Gasteiger partial charge >= 0.3 is 0 Å². The van der Waals surface area contributed by atoms with E-state index in [1.54, 1.807) is 0 Å². The molecule has 1 unspecified atom stereocenters. The van der Waals surface area contributed by atoms with Crippen molar-refractivity contribution in [2.24, 2.45) is 5.84 Å². The number of hydrogen-bond donors (Lipinski definition) is 2. The number of rotatable bonds is 4. The molecule has 0 aliphatic heterocycles. The molecule has 1 aromatic carbocycles. The average molecular weight is 284 g/mol. The fourth-order valence-electron chi connectivity index (χ4n) is 3.88. The third-order valence-electron chi connectivity index (χ3n) is 5.04. The Morgan fingerprint density at radius 2 is 1.90 bits per heavy atom. The van der Waals surface area contributed by atoms with Crippen molar-refractivity contribution in [1.29, 1.82) is 0 Å². The highest BCUT2D eigenvalue weighted by Gasteiger charge is 2.44. The Hall–Kier alpha value is -1.49. The van der Waals surface area contributed by atoms with Crippen molar-refractivity contribution in [2.75, 3.05) is 14.1 Å². The molecule has 4 nitrogen and oxygen atoms in total. The average Bonchev–Trinajstić information content (AvgIpc) is 2.99. The maximum atomic E-state index is 5.99. The Labute approximate surface area is 126 Å². The van der Waals surface area contributed by atoms with Crippen LogP contribution in [-0.2, 0) is 0 Å². The first kappa shape index (κ1) is 14.4. The lowest BCUT2D eigenvalue weighted by Gasteiger charge is -2.43. The Morgan fingerprint density at radius 3 is 2.57 bits per heavy atom. The monoisotopic (exact) mass is 284 g/mol. The zero-order valence-electron chi connectivity index (χ0n) is 12.8. The van der Waals surface area contributed by atoms with Crippen molar-refractivity contribution in [3.63, 3.8) is 0 Å². The molecule has 2 aromatic rings. The minimum absolute atomic E-state index is 0.0700. The minimum atomic E-state index is 0.0700. The van der Waals surface area contributed by atoms with Crippen molar-refractivity contribution in [3.05, 3.63) is 42.1 Å². The molecule has 1 fully saturated rings. The zero-order chi connectivity index (χ0) is 14.9. The molecule has 1 aliphatic rings. The molecule has 112 valence electrons. The molecule has 4 heteroatoms. The quantitative estimate of drug-likeness (QED) is 0.669. The predicted octanol–water partition coefficient (Wildman–Crippen LogP) is 2.61. The highest BCUT2D eigenvalue weighted by Crippen LogP contribution is 2.44. The van der Waals surface area contributed by atoms with Gasteiger partial charge in [0.2, 0.25) is 0 Å². The van der Waals surface area contributed by atoms with Crippen LogP contribution in [0.3, 0.4) is 0 Å². The summed E-state index contributed by atoms with van der Waals surface area (Å²) in [6, 6.07) is 10.5. The van der Waals surface area contributed by atoms with Crippen molar-refractivity contribution < 1.29 is 0 Å². The van der Waals surface area contributed by atoms with E-state index in [9.17, 15) is 0 Å². The number of fused-ring (bicyclic) bond motifs is 1. The smallest absolute Gasteiger partial charge is 0.0750 e. The molecule has 1 aliphatic carbocycles. The van der Waals surface area contributed by atoms with Crippen molar-refractivity contribution >= 4 is 10.9 Å². The molecule has 21 heavy (non-hydrogen) atoms. The van der Waals surface area contributed by atoms with Gasteiger partial charge in [-0.3, -0.25) is 16.3 Å². The Bertz CT molecular complexity index is 612. The third kappa shape index (κ3) is 2.33. The molecule has 1 atom stereocenters. The summed E-state index contributed by atoms with van der Waals surface area (Å²) < 4.78 is 0. The van der Waals surface area contributed by atoms with Gasteiger partial charge in [0, 0.05) is 17.1 Å². The van der Waals surface area contributed by atoms with E-state index < -0.39 is 0 Å². The van der Waals surface area contributed by atoms with Crippen LogP contribution < -0.4 is 11.3 Å². The number of para-hydroxylation sites is 1. The maximum Gasteiger partial charge on any atom is 0.0750 e. The Balaban J connectivity index is 2.14. The number of nitrogens with zero attached hydrogens (tertiary/aromatic N) is 2. The summed E-state index contributed by atoms with van der Waals surface area (Å²) in [5.74, 6) is 5.99. The molecule has 3 rings (SSSR count). The molecule has 1 saturated carbocycles. The van der Waals surface area contributed by atoms with Gasteiger partial charge in [0.1, 0.15) is 0 Å². The lowest BCUT2D eigenvalue weighted by Crippen LogP contribution is -2.53. The number of aromatic nitrogens is 1. The van der Waals surface area contributed by atoms with Gasteiger partial charge in [-0.25, -0.2) is 0 Å². The van der Waals surface area contributed by atoms with Crippen LogP contribution in [0.15, 0.2) is 36.5 Å². The number of nitrogens with two attached hydrogens (primary N) is 1. The van der Waals surface area contributed by atoms with Gasteiger partial charge < -0.3 is 4.90 Å². The topological polar surface area (TPSA) is 54.2 Å². The number of nitrogens with one attached hydrogen (secondary N) is 1. The predicted molar refractivity (Wildman–Crippen MR) is 86.7 cm³/mol. The van der Waals surface area contributed by atoms with Gasteiger partial charge in [-0.15, -0.1) is 0 Å². The van der Waals surface area contributed by atoms with E-state index in [0.717, 1.165) is 18.4 Å². The fourth-order valence-corrected chi connectivity index (χ4v) is 3.88. The number of hydrogen-bond acceptors (Lipinski definition) is 4. The summed E-state index contributed by atoms with van der Waals surface area (Å²) >= 11 is 0. The summed E-state index contributed by atoms with van der Waals surface area (Å²) in [5, 5.41) is 1.17. The van der Waals surface area contributed by atoms with Gasteiger partial charge in [-0.1, -0.05) is 37.1 Å². The molecule has 0 amide bonds. The van der Waals surface area contributed by atoms with E-state index in [0.29, 0.717) is 0 Å². The van der Waals surface area contributed by atoms with Crippen molar-refractivity contribution in [1.82, 2.24) is 15.3 Å². The van der Waals surface area contributed by atoms with E-state index >= 15 is 0 Å². The number of likely N-dealkylation sites (N-methyl/N-ethyl adjacent to an activating group) is 1. The van der Waals surface area contributed by atoms with Crippen LogP contribution in [0.25, 0.3) is 10.9 Å². The Kier molecular flexibility index (Phi) is 3.93. The minimum Gasteiger partial charge on any atom is -0.302 e. The van der Waals surface area contributed by atoms with Crippen molar-refractivity contribution in [3.8, 4) is 0 Å². The van der Waals surface area contributed by atoms with Crippen LogP contribution in [-0.4, -0.2) is 29.5 Å². The van der Waals surface area contributed by atoms with Crippen LogP contribution in [0.4, 0.5) is 0 Å². The lowest BCUT2D eigenvalue weighted by atomic mass is 9.82. The summed E-state index contributed by atoms with van der Waals surface area (Å²) in [6.45, 7) is 0. The van der Waals surface area contributed by atoms with E-state index in [1.165, 1.54) is 23.8 Å². The van der Waals surface area contributed by atoms with Crippen LogP contribution in [0, 0.1) is 0 Å². The number of hydrazine groups is 1. The highest BCUT2D eigenvalue weighted by molar-refractivity contribution is 5.82. The van der Waals surface area contributed by atoms with Crippen LogP contribution >= 0.6 is 0 Å². The summed E-state index contributed by atoms with van der Waals surface area (Å²) in [4.78, 5) is 6.94. The van der Waals surface area contributed by atoms with E-state index in [-0.39, 0.29) is 11.6 Å². The van der Waals surface area contributed by atoms with Gasteiger partial charge in [0.25, 0.3) is 0 Å². The van der Waals surface area contributed by atoms with Crippen LogP contribution in [0.1, 0.15) is 37.3 Å². The molecule has 0 bridgehead atoms. The fraction of sp³-hybridized carbons (Fsp3) is 0.471. The molecule has 0 saturated heterocycles. The largest absolute Gasteiger partial charge is 0.302 e. The van der Waals surface area contributed by atoms with Gasteiger partial charge in [0.15, 0.2) is 0 Å². The molecule has 0 radical (unpaired) electrons. The van der Waals surface area contributed by atoms with Gasteiger partial charge in [-0.2, -0.15) is 0 Å². The molecular weight excluding hydrogens is 260 g/mol. The normalized spacial score (nSPS) is 19.2. The van der Waals surface area contributed by atoms with E-state index in [2.05, 4.69) is 53.7 Å². The first-order valence-corrected chi connectivity index (χ1v) is 7.66. The summed E-state index contributed by atoms with van der Waals surface area (Å²) in [5.41, 5.74) is 5.42. The highest BCUT2D eigenvalue weighted by atomic mass is 15.3. The summed E-state index contributed by atoms with van der Waals surface area (Å²) in [6.07, 6.45) is 6.70. The Morgan fingerprint density at radius 1 is 1.19 bits per heavy atom. The molecule has 0 spiro atoms. The van der Waals surface area contributed by atoms with Gasteiger partial charge in [0.05, 0.1) is 11.6 Å². The number of pyridine rings is 1. The van der Waals surface area contributed by atoms with Gasteiger partial charge in [-0.05, 0) is 38.6 Å². The first-order valence-electron chi connectivity index (χ1n) is 7.66. The molecule has 3 N–H and O–H groups in total. The molecule has 1 heterocycles. The summed E-state index contributed by atoms with van der Waals surface area (Å²) in [7, 11) is 4.32. The first-order chi connectivity index (χ1) is 10.2. The third-order valence-corrected chi connectivity index (χ3v) is 5.04. The standard InChI is InChI=1S/C17H24N4/c1-21(2)17(10-3-4-11-17)16(20-18)14-9-5-7-13-8-6-12-19-15(13)14/h5-9,12,16,20H,3-4,10-11,18H2,1-2H3. The lowest BCUT2D eigenvalue weighted by molar-refractivity contribution is 0.105. The SMILES string of the molecule is CN(C)C1(C(NN)c2cccc3cccnc23)CCCC1. The van der Waals surface area contributed by atoms with E-state index in [4.69, 9.17) is 5.84 Å². The second-order valence-electron chi connectivity index (χ2n) is 6.23. The second-order valence-corrected chi connectivity index (χ2v) is 6.23. The number of benzene rings is 1. The maximum absolute atomic E-state index is 5.99.